The van der Waals surface area contributed by atoms with Crippen LogP contribution in [0.15, 0.2) is 42.5 Å². The van der Waals surface area contributed by atoms with Crippen LogP contribution in [0.3, 0.4) is 0 Å². The van der Waals surface area contributed by atoms with Gasteiger partial charge in [-0.3, -0.25) is 4.79 Å². The van der Waals surface area contributed by atoms with Gasteiger partial charge in [-0.15, -0.1) is 0 Å². The van der Waals surface area contributed by atoms with Crippen molar-refractivity contribution in [2.45, 2.75) is 6.42 Å². The van der Waals surface area contributed by atoms with Crippen molar-refractivity contribution < 1.29 is 14.7 Å². The van der Waals surface area contributed by atoms with E-state index in [9.17, 15) is 9.59 Å². The van der Waals surface area contributed by atoms with Gasteiger partial charge in [0.05, 0.1) is 0 Å². The summed E-state index contributed by atoms with van der Waals surface area (Å²) in [5.41, 5.74) is 0.755. The Labute approximate surface area is 92.3 Å². The highest BCUT2D eigenvalue weighted by molar-refractivity contribution is 6.33. The molecule has 2 aromatic carbocycles. The fourth-order valence-electron chi connectivity index (χ4n) is 1.70. The SMILES string of the molecule is O=C(O)C(=O)Cc1cccc2ccccc12. The third-order valence-electron chi connectivity index (χ3n) is 2.47. The fraction of sp³-hybridized carbons (Fsp3) is 0.0769. The minimum atomic E-state index is -1.38. The summed E-state index contributed by atoms with van der Waals surface area (Å²) in [6, 6.07) is 13.1. The van der Waals surface area contributed by atoms with E-state index in [1.165, 1.54) is 0 Å². The van der Waals surface area contributed by atoms with E-state index in [-0.39, 0.29) is 6.42 Å². The first kappa shape index (κ1) is 10.4. The van der Waals surface area contributed by atoms with Crippen molar-refractivity contribution in [1.29, 1.82) is 0 Å². The van der Waals surface area contributed by atoms with E-state index >= 15 is 0 Å². The zero-order valence-corrected chi connectivity index (χ0v) is 8.51. The van der Waals surface area contributed by atoms with Crippen LogP contribution >= 0.6 is 0 Å². The van der Waals surface area contributed by atoms with Crippen molar-refractivity contribution in [2.24, 2.45) is 0 Å². The topological polar surface area (TPSA) is 54.4 Å². The Kier molecular flexibility index (Phi) is 2.68. The lowest BCUT2D eigenvalue weighted by molar-refractivity contribution is -0.148. The summed E-state index contributed by atoms with van der Waals surface area (Å²) in [7, 11) is 0. The summed E-state index contributed by atoms with van der Waals surface area (Å²) in [5.74, 6) is -2.16. The smallest absolute Gasteiger partial charge is 0.372 e. The number of carboxylic acid groups (broad SMARTS) is 1. The highest BCUT2D eigenvalue weighted by Crippen LogP contribution is 2.18. The second-order valence-corrected chi connectivity index (χ2v) is 3.54. The quantitative estimate of drug-likeness (QED) is 0.795. The van der Waals surface area contributed by atoms with Crippen LogP contribution in [0.4, 0.5) is 0 Å². The van der Waals surface area contributed by atoms with E-state index < -0.39 is 11.8 Å². The number of ketones is 1. The highest BCUT2D eigenvalue weighted by atomic mass is 16.4. The highest BCUT2D eigenvalue weighted by Gasteiger charge is 2.13. The maximum Gasteiger partial charge on any atom is 0.372 e. The van der Waals surface area contributed by atoms with Gasteiger partial charge in [0, 0.05) is 6.42 Å². The maximum absolute atomic E-state index is 11.2. The predicted octanol–water partition coefficient (Wildman–Crippen LogP) is 2.04. The molecule has 3 heteroatoms. The first-order chi connectivity index (χ1) is 7.68. The van der Waals surface area contributed by atoms with Crippen LogP contribution in [0.1, 0.15) is 5.56 Å². The van der Waals surface area contributed by atoms with E-state index in [2.05, 4.69) is 0 Å². The molecule has 80 valence electrons. The van der Waals surface area contributed by atoms with Gasteiger partial charge in [0.1, 0.15) is 0 Å². The lowest BCUT2D eigenvalue weighted by Crippen LogP contribution is -2.15. The summed E-state index contributed by atoms with van der Waals surface area (Å²) in [5, 5.41) is 10.5. The summed E-state index contributed by atoms with van der Waals surface area (Å²) in [4.78, 5) is 21.6. The van der Waals surface area contributed by atoms with Crippen molar-refractivity contribution in [3.63, 3.8) is 0 Å². The molecule has 0 amide bonds. The van der Waals surface area contributed by atoms with Crippen LogP contribution in [0.25, 0.3) is 10.8 Å². The number of rotatable bonds is 3. The zero-order valence-electron chi connectivity index (χ0n) is 8.51. The summed E-state index contributed by atoms with van der Waals surface area (Å²) < 4.78 is 0. The van der Waals surface area contributed by atoms with Crippen LogP contribution in [0.2, 0.25) is 0 Å². The van der Waals surface area contributed by atoms with E-state index in [4.69, 9.17) is 5.11 Å². The number of carboxylic acids is 1. The number of carbonyl (C=O) groups excluding carboxylic acids is 1. The van der Waals surface area contributed by atoms with Gasteiger partial charge in [-0.25, -0.2) is 4.79 Å². The predicted molar refractivity (Wildman–Crippen MR) is 60.3 cm³/mol. The Bertz CT molecular complexity index is 553. The normalized spacial score (nSPS) is 10.2. The molecule has 0 saturated carbocycles. The van der Waals surface area contributed by atoms with Crippen LogP contribution in [0.5, 0.6) is 0 Å². The maximum atomic E-state index is 11.2. The average Bonchev–Trinajstić information content (AvgIpc) is 2.29. The molecule has 16 heavy (non-hydrogen) atoms. The van der Waals surface area contributed by atoms with Gasteiger partial charge in [-0.1, -0.05) is 42.5 Å². The molecule has 0 radical (unpaired) electrons. The minimum absolute atomic E-state index is 0.0588. The number of aliphatic carboxylic acids is 1. The number of benzene rings is 2. The number of Topliss-reactive ketones (excluding diaryl/α,β-unsaturated/α-hetero) is 1. The van der Waals surface area contributed by atoms with Gasteiger partial charge in [-0.2, -0.15) is 0 Å². The molecule has 0 unspecified atom stereocenters. The van der Waals surface area contributed by atoms with Gasteiger partial charge >= 0.3 is 5.97 Å². The van der Waals surface area contributed by atoms with Gasteiger partial charge < -0.3 is 5.11 Å². The number of carbonyl (C=O) groups is 2. The Hall–Kier alpha value is -2.16. The molecular weight excluding hydrogens is 204 g/mol. The zero-order chi connectivity index (χ0) is 11.5. The van der Waals surface area contributed by atoms with E-state index in [1.807, 2.05) is 36.4 Å². The Morgan fingerprint density at radius 3 is 2.44 bits per heavy atom. The molecule has 0 saturated heterocycles. The van der Waals surface area contributed by atoms with E-state index in [1.54, 1.807) is 6.07 Å². The van der Waals surface area contributed by atoms with Gasteiger partial charge in [0.15, 0.2) is 0 Å². The van der Waals surface area contributed by atoms with Crippen LogP contribution < -0.4 is 0 Å². The molecule has 0 aliphatic rings. The Balaban J connectivity index is 2.45. The molecule has 3 nitrogen and oxygen atoms in total. The van der Waals surface area contributed by atoms with Crippen molar-refractivity contribution >= 4 is 22.5 Å². The minimum Gasteiger partial charge on any atom is -0.475 e. The molecule has 2 aromatic rings. The third-order valence-corrected chi connectivity index (χ3v) is 2.47. The molecule has 0 heterocycles. The molecule has 0 bridgehead atoms. The molecule has 2 rings (SSSR count). The molecule has 0 fully saturated rings. The van der Waals surface area contributed by atoms with Crippen LogP contribution in [-0.4, -0.2) is 16.9 Å². The second-order valence-electron chi connectivity index (χ2n) is 3.54. The number of fused-ring (bicyclic) bond motifs is 1. The Morgan fingerprint density at radius 1 is 1.00 bits per heavy atom. The lowest BCUT2D eigenvalue weighted by Gasteiger charge is -2.03. The van der Waals surface area contributed by atoms with E-state index in [0.717, 1.165) is 16.3 Å². The number of hydrogen-bond donors (Lipinski definition) is 1. The van der Waals surface area contributed by atoms with Crippen molar-refractivity contribution in [3.05, 3.63) is 48.0 Å². The molecule has 0 aliphatic carbocycles. The number of hydrogen-bond acceptors (Lipinski definition) is 2. The van der Waals surface area contributed by atoms with Crippen molar-refractivity contribution in [3.8, 4) is 0 Å². The molecule has 0 aliphatic heterocycles. The van der Waals surface area contributed by atoms with Crippen molar-refractivity contribution in [2.75, 3.05) is 0 Å². The molecule has 0 aromatic heterocycles. The third kappa shape index (κ3) is 1.93. The first-order valence-electron chi connectivity index (χ1n) is 4.91. The molecule has 1 N–H and O–H groups in total. The molecule has 0 spiro atoms. The summed E-state index contributed by atoms with van der Waals surface area (Å²) in [6.45, 7) is 0. The van der Waals surface area contributed by atoms with Gasteiger partial charge in [0.25, 0.3) is 0 Å². The molecule has 0 atom stereocenters. The van der Waals surface area contributed by atoms with Crippen LogP contribution in [0, 0.1) is 0 Å². The lowest BCUT2D eigenvalue weighted by atomic mass is 10.0. The average molecular weight is 214 g/mol. The standard InChI is InChI=1S/C13H10O3/c14-12(13(15)16)8-10-6-3-5-9-4-1-2-7-11(9)10/h1-7H,8H2,(H,15,16). The van der Waals surface area contributed by atoms with Crippen LogP contribution in [-0.2, 0) is 16.0 Å². The summed E-state index contributed by atoms with van der Waals surface area (Å²) >= 11 is 0. The van der Waals surface area contributed by atoms with Crippen molar-refractivity contribution in [1.82, 2.24) is 0 Å². The first-order valence-corrected chi connectivity index (χ1v) is 4.91. The Morgan fingerprint density at radius 2 is 1.69 bits per heavy atom. The fourth-order valence-corrected chi connectivity index (χ4v) is 1.70. The largest absolute Gasteiger partial charge is 0.475 e. The van der Waals surface area contributed by atoms with Gasteiger partial charge in [0.2, 0.25) is 5.78 Å². The molecular formula is C13H10O3. The monoisotopic (exact) mass is 214 g/mol. The van der Waals surface area contributed by atoms with E-state index in [0.29, 0.717) is 0 Å². The second kappa shape index (κ2) is 4.14. The van der Waals surface area contributed by atoms with Gasteiger partial charge in [-0.05, 0) is 16.3 Å². The summed E-state index contributed by atoms with van der Waals surface area (Å²) in [6.07, 6.45) is -0.0588.